The number of carbonyl (C=O) groups excluding carboxylic acids is 1. The number of thiophene rings is 1. The van der Waals surface area contributed by atoms with E-state index in [0.29, 0.717) is 13.0 Å². The van der Waals surface area contributed by atoms with E-state index in [4.69, 9.17) is 10.5 Å². The highest BCUT2D eigenvalue weighted by atomic mass is 32.1. The van der Waals surface area contributed by atoms with Crippen LogP contribution in [0.4, 0.5) is 0 Å². The third kappa shape index (κ3) is 4.82. The summed E-state index contributed by atoms with van der Waals surface area (Å²) in [5, 5.41) is 13.9. The molecule has 0 spiro atoms. The van der Waals surface area contributed by atoms with Crippen LogP contribution in [0.3, 0.4) is 0 Å². The summed E-state index contributed by atoms with van der Waals surface area (Å²) in [6.07, 6.45) is -0.102. The number of methoxy groups -OCH3 is 1. The summed E-state index contributed by atoms with van der Waals surface area (Å²) < 4.78 is 4.78. The summed E-state index contributed by atoms with van der Waals surface area (Å²) in [6, 6.07) is 3.05. The summed E-state index contributed by atoms with van der Waals surface area (Å²) in [5.74, 6) is -0.225. The monoisotopic (exact) mass is 258 g/mol. The van der Waals surface area contributed by atoms with Crippen molar-refractivity contribution in [2.24, 2.45) is 5.73 Å². The molecule has 5 nitrogen and oxygen atoms in total. The van der Waals surface area contributed by atoms with Crippen molar-refractivity contribution in [3.8, 4) is 0 Å². The Morgan fingerprint density at radius 1 is 1.71 bits per heavy atom. The maximum Gasteiger partial charge on any atom is 0.242 e. The maximum absolute atomic E-state index is 11.6. The first-order valence-electron chi connectivity index (χ1n) is 5.39. The van der Waals surface area contributed by atoms with Crippen LogP contribution in [-0.2, 0) is 9.53 Å². The van der Waals surface area contributed by atoms with Crippen molar-refractivity contribution in [3.63, 3.8) is 0 Å². The first-order chi connectivity index (χ1) is 8.15. The van der Waals surface area contributed by atoms with Crippen LogP contribution >= 0.6 is 11.3 Å². The number of hydrogen-bond donors (Lipinski definition) is 3. The van der Waals surface area contributed by atoms with Gasteiger partial charge in [0.05, 0.1) is 12.7 Å². The second-order valence-electron chi connectivity index (χ2n) is 3.68. The summed E-state index contributed by atoms with van der Waals surface area (Å²) in [4.78, 5) is 12.5. The van der Waals surface area contributed by atoms with Gasteiger partial charge in [0.25, 0.3) is 0 Å². The van der Waals surface area contributed by atoms with E-state index in [-0.39, 0.29) is 12.5 Å². The van der Waals surface area contributed by atoms with Gasteiger partial charge in [0.2, 0.25) is 5.91 Å². The number of hydrogen-bond acceptors (Lipinski definition) is 5. The Kier molecular flexibility index (Phi) is 6.13. The van der Waals surface area contributed by atoms with Crippen LogP contribution in [0, 0.1) is 0 Å². The van der Waals surface area contributed by atoms with Crippen molar-refractivity contribution < 1.29 is 14.6 Å². The van der Waals surface area contributed by atoms with Crippen LogP contribution in [0.25, 0.3) is 0 Å². The van der Waals surface area contributed by atoms with E-state index >= 15 is 0 Å². The van der Waals surface area contributed by atoms with Crippen LogP contribution in [-0.4, -0.2) is 37.4 Å². The van der Waals surface area contributed by atoms with Crippen molar-refractivity contribution in [1.82, 2.24) is 5.32 Å². The minimum atomic E-state index is -0.630. The third-order valence-electron chi connectivity index (χ3n) is 2.27. The maximum atomic E-state index is 11.6. The Balaban J connectivity index is 2.25. The second-order valence-corrected chi connectivity index (χ2v) is 4.66. The summed E-state index contributed by atoms with van der Waals surface area (Å²) in [6.45, 7) is 0.662. The molecule has 6 heteroatoms. The van der Waals surface area contributed by atoms with Gasteiger partial charge in [-0.3, -0.25) is 4.79 Å². The lowest BCUT2D eigenvalue weighted by molar-refractivity contribution is -0.122. The topological polar surface area (TPSA) is 84.6 Å². The molecule has 1 amide bonds. The van der Waals surface area contributed by atoms with E-state index in [1.807, 2.05) is 17.5 Å². The zero-order valence-electron chi connectivity index (χ0n) is 9.76. The molecular weight excluding hydrogens is 240 g/mol. The van der Waals surface area contributed by atoms with Gasteiger partial charge in [-0.05, 0) is 17.9 Å². The van der Waals surface area contributed by atoms with Crippen molar-refractivity contribution in [2.45, 2.75) is 18.6 Å². The van der Waals surface area contributed by atoms with Crippen molar-refractivity contribution >= 4 is 17.2 Å². The predicted octanol–water partition coefficient (Wildman–Crippen LogP) is 0.262. The molecule has 96 valence electrons. The molecule has 1 heterocycles. The fourth-order valence-corrected chi connectivity index (χ4v) is 2.07. The lowest BCUT2D eigenvalue weighted by atomic mass is 10.2. The number of carbonyl (C=O) groups is 1. The van der Waals surface area contributed by atoms with E-state index in [0.717, 1.165) is 4.88 Å². The Bertz CT molecular complexity index is 329. The molecule has 0 aliphatic heterocycles. The molecule has 0 saturated heterocycles. The molecule has 0 aromatic carbocycles. The number of ether oxygens (including phenoxy) is 1. The Morgan fingerprint density at radius 2 is 2.47 bits per heavy atom. The van der Waals surface area contributed by atoms with E-state index in [2.05, 4.69) is 5.32 Å². The SMILES string of the molecule is COCC(O)CCNC(=O)C(N)c1cccs1. The number of aliphatic hydroxyl groups excluding tert-OH is 1. The fraction of sp³-hybridized carbons (Fsp3) is 0.545. The highest BCUT2D eigenvalue weighted by Gasteiger charge is 2.16. The van der Waals surface area contributed by atoms with Crippen LogP contribution in [0.2, 0.25) is 0 Å². The molecule has 0 bridgehead atoms. The van der Waals surface area contributed by atoms with Crippen LogP contribution in [0.5, 0.6) is 0 Å². The van der Waals surface area contributed by atoms with Gasteiger partial charge in [-0.1, -0.05) is 6.07 Å². The van der Waals surface area contributed by atoms with Crippen LogP contribution in [0.15, 0.2) is 17.5 Å². The smallest absolute Gasteiger partial charge is 0.242 e. The van der Waals surface area contributed by atoms with Gasteiger partial charge in [0.1, 0.15) is 6.04 Å². The number of aliphatic hydroxyl groups is 1. The molecule has 0 fully saturated rings. The number of rotatable bonds is 7. The summed E-state index contributed by atoms with van der Waals surface area (Å²) in [7, 11) is 1.52. The molecule has 1 aromatic heterocycles. The minimum absolute atomic E-state index is 0.225. The average Bonchev–Trinajstić information content (AvgIpc) is 2.81. The average molecular weight is 258 g/mol. The van der Waals surface area contributed by atoms with E-state index in [1.54, 1.807) is 0 Å². The Morgan fingerprint density at radius 3 is 3.06 bits per heavy atom. The van der Waals surface area contributed by atoms with E-state index in [1.165, 1.54) is 18.4 Å². The zero-order chi connectivity index (χ0) is 12.7. The molecule has 0 aliphatic carbocycles. The molecule has 1 rings (SSSR count). The lowest BCUT2D eigenvalue weighted by Crippen LogP contribution is -2.35. The molecule has 0 saturated carbocycles. The first kappa shape index (κ1) is 14.1. The quantitative estimate of drug-likeness (QED) is 0.655. The molecular formula is C11H18N2O3S. The predicted molar refractivity (Wildman–Crippen MR) is 66.8 cm³/mol. The summed E-state index contributed by atoms with van der Waals surface area (Å²) in [5.41, 5.74) is 5.77. The number of amides is 1. The molecule has 17 heavy (non-hydrogen) atoms. The largest absolute Gasteiger partial charge is 0.391 e. The van der Waals surface area contributed by atoms with Gasteiger partial charge < -0.3 is 20.9 Å². The molecule has 2 unspecified atom stereocenters. The van der Waals surface area contributed by atoms with Crippen molar-refractivity contribution in [1.29, 1.82) is 0 Å². The zero-order valence-corrected chi connectivity index (χ0v) is 10.6. The standard InChI is InChI=1S/C11H18N2O3S/c1-16-7-8(14)4-5-13-11(15)10(12)9-3-2-6-17-9/h2-3,6,8,10,14H,4-5,7,12H2,1H3,(H,13,15). The van der Waals surface area contributed by atoms with Gasteiger partial charge in [-0.2, -0.15) is 0 Å². The highest BCUT2D eigenvalue weighted by Crippen LogP contribution is 2.16. The van der Waals surface area contributed by atoms with E-state index < -0.39 is 12.1 Å². The van der Waals surface area contributed by atoms with Crippen molar-refractivity contribution in [3.05, 3.63) is 22.4 Å². The van der Waals surface area contributed by atoms with E-state index in [9.17, 15) is 9.90 Å². The van der Waals surface area contributed by atoms with Crippen LogP contribution in [0.1, 0.15) is 17.3 Å². The molecule has 2 atom stereocenters. The van der Waals surface area contributed by atoms with Gasteiger partial charge in [0.15, 0.2) is 0 Å². The second kappa shape index (κ2) is 7.39. The van der Waals surface area contributed by atoms with Gasteiger partial charge in [0, 0.05) is 18.5 Å². The lowest BCUT2D eigenvalue weighted by Gasteiger charge is -2.12. The first-order valence-corrected chi connectivity index (χ1v) is 6.26. The third-order valence-corrected chi connectivity index (χ3v) is 3.22. The molecule has 0 radical (unpaired) electrons. The highest BCUT2D eigenvalue weighted by molar-refractivity contribution is 7.10. The Labute approximate surface area is 105 Å². The normalized spacial score (nSPS) is 14.3. The number of nitrogens with two attached hydrogens (primary N) is 1. The van der Waals surface area contributed by atoms with Crippen molar-refractivity contribution in [2.75, 3.05) is 20.3 Å². The summed E-state index contributed by atoms with van der Waals surface area (Å²) >= 11 is 1.45. The van der Waals surface area contributed by atoms with Gasteiger partial charge in [-0.15, -0.1) is 11.3 Å². The number of nitrogens with one attached hydrogen (secondary N) is 1. The Hall–Kier alpha value is -0.950. The van der Waals surface area contributed by atoms with Gasteiger partial charge in [-0.25, -0.2) is 0 Å². The fourth-order valence-electron chi connectivity index (χ4n) is 1.35. The van der Waals surface area contributed by atoms with Crippen LogP contribution < -0.4 is 11.1 Å². The molecule has 1 aromatic rings. The molecule has 0 aliphatic rings. The molecule has 4 N–H and O–H groups in total. The van der Waals surface area contributed by atoms with Gasteiger partial charge >= 0.3 is 0 Å². The minimum Gasteiger partial charge on any atom is -0.391 e.